The summed E-state index contributed by atoms with van der Waals surface area (Å²) in [6, 6.07) is 3.72. The van der Waals surface area contributed by atoms with Gasteiger partial charge in [-0.05, 0) is 50.7 Å². The summed E-state index contributed by atoms with van der Waals surface area (Å²) in [6.07, 6.45) is 0. The van der Waals surface area contributed by atoms with Gasteiger partial charge < -0.3 is 15.2 Å². The maximum Gasteiger partial charge on any atom is 0.159 e. The molecular formula is C11H11BrIN3O2. The SMILES string of the molecule is COc1cc(-c2[nH]nc(N)c2I)c(OC)cc1Br. The first kappa shape index (κ1) is 13.5. The van der Waals surface area contributed by atoms with Gasteiger partial charge >= 0.3 is 0 Å². The molecule has 0 saturated heterocycles. The minimum absolute atomic E-state index is 0.467. The fourth-order valence-corrected chi connectivity index (χ4v) is 2.59. The summed E-state index contributed by atoms with van der Waals surface area (Å²) in [6.45, 7) is 0. The fourth-order valence-electron chi connectivity index (χ4n) is 1.58. The summed E-state index contributed by atoms with van der Waals surface area (Å²) in [7, 11) is 3.23. The molecule has 0 aliphatic carbocycles. The van der Waals surface area contributed by atoms with Crippen molar-refractivity contribution < 1.29 is 9.47 Å². The van der Waals surface area contributed by atoms with Gasteiger partial charge in [0.2, 0.25) is 0 Å². The molecule has 2 aromatic rings. The van der Waals surface area contributed by atoms with E-state index >= 15 is 0 Å². The quantitative estimate of drug-likeness (QED) is 0.744. The summed E-state index contributed by atoms with van der Waals surface area (Å²) in [4.78, 5) is 0. The van der Waals surface area contributed by atoms with E-state index in [0.29, 0.717) is 11.6 Å². The standard InChI is InChI=1S/C11H11BrIN3O2/c1-17-7-4-6(12)8(18-2)3-5(7)10-9(13)11(14)16-15-10/h3-4H,1-2H3,(H3,14,15,16). The van der Waals surface area contributed by atoms with Gasteiger partial charge in [0, 0.05) is 5.56 Å². The Morgan fingerprint density at radius 2 is 1.94 bits per heavy atom. The molecule has 0 bridgehead atoms. The van der Waals surface area contributed by atoms with Crippen LogP contribution in [0.4, 0.5) is 5.82 Å². The third-order valence-electron chi connectivity index (χ3n) is 2.48. The second-order valence-corrected chi connectivity index (χ2v) is 5.42. The maximum atomic E-state index is 5.74. The molecule has 0 radical (unpaired) electrons. The predicted octanol–water partition coefficient (Wildman–Crippen LogP) is 3.04. The molecule has 0 spiro atoms. The van der Waals surface area contributed by atoms with Crippen LogP contribution in [0, 0.1) is 3.57 Å². The second-order valence-electron chi connectivity index (χ2n) is 3.48. The highest BCUT2D eigenvalue weighted by molar-refractivity contribution is 14.1. The number of aromatic nitrogens is 2. The van der Waals surface area contributed by atoms with E-state index in [0.717, 1.165) is 25.0 Å². The zero-order chi connectivity index (χ0) is 13.3. The molecule has 0 atom stereocenters. The first-order valence-electron chi connectivity index (χ1n) is 4.99. The topological polar surface area (TPSA) is 73.2 Å². The van der Waals surface area contributed by atoms with Gasteiger partial charge in [-0.25, -0.2) is 0 Å². The van der Waals surface area contributed by atoms with Gasteiger partial charge in [0.15, 0.2) is 5.82 Å². The first-order valence-corrected chi connectivity index (χ1v) is 6.87. The molecule has 1 aromatic heterocycles. The molecule has 96 valence electrons. The van der Waals surface area contributed by atoms with Crippen molar-refractivity contribution in [1.29, 1.82) is 0 Å². The number of nitrogen functional groups attached to an aromatic ring is 1. The maximum absolute atomic E-state index is 5.74. The molecule has 18 heavy (non-hydrogen) atoms. The van der Waals surface area contributed by atoms with E-state index in [1.54, 1.807) is 14.2 Å². The lowest BCUT2D eigenvalue weighted by molar-refractivity contribution is 0.402. The normalized spacial score (nSPS) is 10.4. The van der Waals surface area contributed by atoms with Gasteiger partial charge in [-0.2, -0.15) is 5.10 Å². The van der Waals surface area contributed by atoms with E-state index in [9.17, 15) is 0 Å². The lowest BCUT2D eigenvalue weighted by Crippen LogP contribution is -1.93. The van der Waals surface area contributed by atoms with Crippen LogP contribution < -0.4 is 15.2 Å². The number of benzene rings is 1. The summed E-state index contributed by atoms with van der Waals surface area (Å²) < 4.78 is 12.3. The molecule has 0 fully saturated rings. The first-order chi connectivity index (χ1) is 8.58. The van der Waals surface area contributed by atoms with Crippen molar-refractivity contribution in [1.82, 2.24) is 10.2 Å². The van der Waals surface area contributed by atoms with Crippen LogP contribution in [0.2, 0.25) is 0 Å². The van der Waals surface area contributed by atoms with E-state index in [1.807, 2.05) is 12.1 Å². The van der Waals surface area contributed by atoms with Crippen molar-refractivity contribution in [2.45, 2.75) is 0 Å². The number of ether oxygens (including phenoxy) is 2. The molecule has 7 heteroatoms. The zero-order valence-electron chi connectivity index (χ0n) is 9.75. The minimum atomic E-state index is 0.467. The van der Waals surface area contributed by atoms with Crippen molar-refractivity contribution in [3.05, 3.63) is 20.2 Å². The highest BCUT2D eigenvalue weighted by Crippen LogP contribution is 2.40. The minimum Gasteiger partial charge on any atom is -0.496 e. The lowest BCUT2D eigenvalue weighted by Gasteiger charge is -2.11. The van der Waals surface area contributed by atoms with Crippen molar-refractivity contribution in [2.24, 2.45) is 0 Å². The lowest BCUT2D eigenvalue weighted by atomic mass is 10.1. The smallest absolute Gasteiger partial charge is 0.159 e. The van der Waals surface area contributed by atoms with Gasteiger partial charge in [0.05, 0.1) is 28.0 Å². The molecule has 0 saturated carbocycles. The molecule has 0 unspecified atom stereocenters. The summed E-state index contributed by atoms with van der Waals surface area (Å²) in [5.41, 5.74) is 7.41. The Morgan fingerprint density at radius 1 is 1.28 bits per heavy atom. The molecule has 5 nitrogen and oxygen atoms in total. The van der Waals surface area contributed by atoms with E-state index in [2.05, 4.69) is 48.7 Å². The number of nitrogens with zero attached hydrogens (tertiary/aromatic N) is 1. The van der Waals surface area contributed by atoms with Gasteiger partial charge in [-0.3, -0.25) is 5.10 Å². The Morgan fingerprint density at radius 3 is 2.44 bits per heavy atom. The zero-order valence-corrected chi connectivity index (χ0v) is 13.5. The van der Waals surface area contributed by atoms with Crippen LogP contribution in [0.15, 0.2) is 16.6 Å². The van der Waals surface area contributed by atoms with E-state index in [1.165, 1.54) is 0 Å². The second kappa shape index (κ2) is 5.35. The Hall–Kier alpha value is -0.960. The molecule has 0 aliphatic rings. The number of H-pyrrole nitrogens is 1. The molecule has 2 rings (SSSR count). The molecule has 0 amide bonds. The van der Waals surface area contributed by atoms with Crippen LogP contribution in [0.3, 0.4) is 0 Å². The average Bonchev–Trinajstić information content (AvgIpc) is 2.70. The largest absolute Gasteiger partial charge is 0.496 e. The van der Waals surface area contributed by atoms with Crippen molar-refractivity contribution >= 4 is 44.3 Å². The highest BCUT2D eigenvalue weighted by atomic mass is 127. The van der Waals surface area contributed by atoms with E-state index in [4.69, 9.17) is 15.2 Å². The number of rotatable bonds is 3. The molecule has 3 N–H and O–H groups in total. The van der Waals surface area contributed by atoms with Crippen LogP contribution in [0.25, 0.3) is 11.3 Å². The number of nitrogens with two attached hydrogens (primary N) is 1. The number of aromatic amines is 1. The molecular weight excluding hydrogens is 413 g/mol. The van der Waals surface area contributed by atoms with Gasteiger partial charge in [0.25, 0.3) is 0 Å². The number of anilines is 1. The Bertz CT molecular complexity index is 586. The van der Waals surface area contributed by atoms with Gasteiger partial charge in [-0.15, -0.1) is 0 Å². The highest BCUT2D eigenvalue weighted by Gasteiger charge is 2.17. The van der Waals surface area contributed by atoms with E-state index < -0.39 is 0 Å². The van der Waals surface area contributed by atoms with Gasteiger partial charge in [0.1, 0.15) is 11.5 Å². The van der Waals surface area contributed by atoms with Crippen molar-refractivity contribution in [3.8, 4) is 22.8 Å². The van der Waals surface area contributed by atoms with Crippen LogP contribution in [0.5, 0.6) is 11.5 Å². The Kier molecular flexibility index (Phi) is 4.00. The monoisotopic (exact) mass is 423 g/mol. The van der Waals surface area contributed by atoms with E-state index in [-0.39, 0.29) is 0 Å². The third kappa shape index (κ3) is 2.28. The Labute approximate surface area is 126 Å². The van der Waals surface area contributed by atoms with Gasteiger partial charge in [-0.1, -0.05) is 0 Å². The number of halogens is 2. The average molecular weight is 424 g/mol. The Balaban J connectivity index is 2.65. The summed E-state index contributed by atoms with van der Waals surface area (Å²) in [5, 5.41) is 6.89. The third-order valence-corrected chi connectivity index (χ3v) is 4.19. The number of hydrogen-bond acceptors (Lipinski definition) is 4. The number of nitrogens with one attached hydrogen (secondary N) is 1. The molecule has 1 heterocycles. The van der Waals surface area contributed by atoms with Crippen molar-refractivity contribution in [3.63, 3.8) is 0 Å². The van der Waals surface area contributed by atoms with Crippen LogP contribution in [-0.2, 0) is 0 Å². The predicted molar refractivity (Wildman–Crippen MR) is 82.0 cm³/mol. The summed E-state index contributed by atoms with van der Waals surface area (Å²) in [5.74, 6) is 1.90. The number of hydrogen-bond donors (Lipinski definition) is 2. The molecule has 0 aliphatic heterocycles. The van der Waals surface area contributed by atoms with Crippen LogP contribution in [-0.4, -0.2) is 24.4 Å². The van der Waals surface area contributed by atoms with Crippen LogP contribution in [0.1, 0.15) is 0 Å². The van der Waals surface area contributed by atoms with Crippen LogP contribution >= 0.6 is 38.5 Å². The summed E-state index contributed by atoms with van der Waals surface area (Å²) >= 11 is 5.56. The number of methoxy groups -OCH3 is 2. The molecule has 1 aromatic carbocycles. The van der Waals surface area contributed by atoms with Crippen molar-refractivity contribution in [2.75, 3.05) is 20.0 Å². The fraction of sp³-hybridized carbons (Fsp3) is 0.182.